The van der Waals surface area contributed by atoms with Crippen LogP contribution >= 0.6 is 0 Å². The van der Waals surface area contributed by atoms with Gasteiger partial charge in [-0.1, -0.05) is 0 Å². The van der Waals surface area contributed by atoms with Crippen molar-refractivity contribution in [3.05, 3.63) is 32.6 Å². The molecule has 20 heavy (non-hydrogen) atoms. The first-order valence-corrected chi connectivity index (χ1v) is 5.90. The molecule has 0 radical (unpaired) electrons. The predicted octanol–water partition coefficient (Wildman–Crippen LogP) is -0.0574. The van der Waals surface area contributed by atoms with E-state index in [9.17, 15) is 14.4 Å². The predicted molar refractivity (Wildman–Crippen MR) is 73.9 cm³/mol. The lowest BCUT2D eigenvalue weighted by atomic mass is 10.2. The van der Waals surface area contributed by atoms with Gasteiger partial charge in [0.25, 0.3) is 5.56 Å². The van der Waals surface area contributed by atoms with E-state index in [1.165, 1.54) is 24.9 Å². The first-order valence-electron chi connectivity index (χ1n) is 5.90. The number of ether oxygens (including phenoxy) is 1. The van der Waals surface area contributed by atoms with E-state index >= 15 is 0 Å². The molecule has 1 aromatic heterocycles. The number of hydrogen-bond acceptors (Lipinski definition) is 5. The number of hydrogen-bond donors (Lipinski definition) is 1. The van der Waals surface area contributed by atoms with Crippen LogP contribution in [0.4, 0.5) is 4.79 Å². The molecule has 0 atom stereocenters. The average Bonchev–Trinajstić information content (AvgIpc) is 2.30. The summed E-state index contributed by atoms with van der Waals surface area (Å²) < 4.78 is 7.17. The molecule has 0 saturated carbocycles. The largest absolute Gasteiger partial charge is 0.443 e. The van der Waals surface area contributed by atoms with Crippen molar-refractivity contribution in [3.8, 4) is 0 Å². The van der Waals surface area contributed by atoms with Crippen molar-refractivity contribution in [2.75, 3.05) is 0 Å². The van der Waals surface area contributed by atoms with Crippen molar-refractivity contribution in [2.45, 2.75) is 26.4 Å². The van der Waals surface area contributed by atoms with E-state index in [4.69, 9.17) is 4.74 Å². The second kappa shape index (κ2) is 5.72. The van der Waals surface area contributed by atoms with Gasteiger partial charge in [0.15, 0.2) is 0 Å². The molecular weight excluding hydrogens is 264 g/mol. The number of rotatable bonds is 2. The van der Waals surface area contributed by atoms with Gasteiger partial charge in [-0.3, -0.25) is 9.36 Å². The molecule has 110 valence electrons. The Morgan fingerprint density at radius 1 is 1.35 bits per heavy atom. The van der Waals surface area contributed by atoms with Crippen LogP contribution in [0.1, 0.15) is 26.3 Å². The quantitative estimate of drug-likeness (QED) is 0.607. The summed E-state index contributed by atoms with van der Waals surface area (Å²) in [4.78, 5) is 34.6. The van der Waals surface area contributed by atoms with Gasteiger partial charge in [0.1, 0.15) is 5.60 Å². The summed E-state index contributed by atoms with van der Waals surface area (Å²) in [7, 11) is 2.88. The van der Waals surface area contributed by atoms with Crippen LogP contribution in [0.15, 0.2) is 20.9 Å². The van der Waals surface area contributed by atoms with Crippen molar-refractivity contribution < 1.29 is 9.53 Å². The van der Waals surface area contributed by atoms with E-state index in [0.717, 1.165) is 10.8 Å². The molecule has 0 saturated heterocycles. The first-order chi connectivity index (χ1) is 9.11. The van der Waals surface area contributed by atoms with Gasteiger partial charge in [0.05, 0.1) is 11.8 Å². The van der Waals surface area contributed by atoms with E-state index in [-0.39, 0.29) is 5.56 Å². The Balaban J connectivity index is 2.85. The Bertz CT molecular complexity index is 649. The lowest BCUT2D eigenvalue weighted by Gasteiger charge is -2.18. The molecule has 8 heteroatoms. The van der Waals surface area contributed by atoms with Crippen molar-refractivity contribution >= 4 is 12.3 Å². The fraction of sp³-hybridized carbons (Fsp3) is 0.500. The fourth-order valence-corrected chi connectivity index (χ4v) is 1.38. The Hall–Kier alpha value is -2.38. The third kappa shape index (κ3) is 4.08. The summed E-state index contributed by atoms with van der Waals surface area (Å²) in [5.74, 6) is 0. The molecule has 0 fully saturated rings. The van der Waals surface area contributed by atoms with Crippen LogP contribution in [0.25, 0.3) is 0 Å². The average molecular weight is 282 g/mol. The molecule has 0 spiro atoms. The zero-order valence-electron chi connectivity index (χ0n) is 12.1. The highest BCUT2D eigenvalue weighted by Gasteiger charge is 2.15. The third-order valence-corrected chi connectivity index (χ3v) is 2.23. The van der Waals surface area contributed by atoms with Gasteiger partial charge in [-0.05, 0) is 20.8 Å². The highest BCUT2D eigenvalue weighted by Crippen LogP contribution is 2.06. The monoisotopic (exact) mass is 282 g/mol. The van der Waals surface area contributed by atoms with Gasteiger partial charge in [0, 0.05) is 20.3 Å². The van der Waals surface area contributed by atoms with E-state index in [2.05, 4.69) is 10.5 Å². The molecule has 1 N–H and O–H groups in total. The molecule has 1 amide bonds. The minimum absolute atomic E-state index is 0.172. The number of nitrogens with one attached hydrogen (secondary N) is 1. The van der Waals surface area contributed by atoms with Crippen LogP contribution < -0.4 is 16.7 Å². The van der Waals surface area contributed by atoms with E-state index in [1.807, 2.05) is 0 Å². The molecule has 1 rings (SSSR count). The summed E-state index contributed by atoms with van der Waals surface area (Å²) in [6.07, 6.45) is 1.77. The smallest absolute Gasteiger partial charge is 0.428 e. The highest BCUT2D eigenvalue weighted by molar-refractivity contribution is 5.79. The van der Waals surface area contributed by atoms with E-state index < -0.39 is 22.9 Å². The number of aryl methyl sites for hydroxylation is 1. The molecule has 0 aromatic carbocycles. The number of hydrazone groups is 1. The first kappa shape index (κ1) is 15.7. The molecular formula is C12H18N4O4. The number of amides is 1. The normalized spacial score (nSPS) is 11.7. The topological polar surface area (TPSA) is 94.7 Å². The van der Waals surface area contributed by atoms with Crippen LogP contribution in [-0.4, -0.2) is 27.0 Å². The minimum Gasteiger partial charge on any atom is -0.443 e. The van der Waals surface area contributed by atoms with Crippen LogP contribution in [0, 0.1) is 0 Å². The zero-order valence-corrected chi connectivity index (χ0v) is 12.1. The van der Waals surface area contributed by atoms with Gasteiger partial charge < -0.3 is 9.30 Å². The maximum atomic E-state index is 11.8. The Morgan fingerprint density at radius 3 is 2.50 bits per heavy atom. The summed E-state index contributed by atoms with van der Waals surface area (Å²) >= 11 is 0. The number of aromatic nitrogens is 2. The van der Waals surface area contributed by atoms with E-state index in [0.29, 0.717) is 0 Å². The summed E-state index contributed by atoms with van der Waals surface area (Å²) in [5, 5.41) is 3.62. The lowest BCUT2D eigenvalue weighted by molar-refractivity contribution is 0.0529. The van der Waals surface area contributed by atoms with Crippen LogP contribution in [-0.2, 0) is 18.8 Å². The number of carbonyl (C=O) groups excluding carboxylic acids is 1. The van der Waals surface area contributed by atoms with Gasteiger partial charge in [-0.25, -0.2) is 15.0 Å². The van der Waals surface area contributed by atoms with Crippen LogP contribution in [0.3, 0.4) is 0 Å². The van der Waals surface area contributed by atoms with Crippen molar-refractivity contribution in [1.82, 2.24) is 14.6 Å². The second-order valence-electron chi connectivity index (χ2n) is 5.21. The number of nitrogens with zero attached hydrogens (tertiary/aromatic N) is 3. The third-order valence-electron chi connectivity index (χ3n) is 2.23. The molecule has 1 aromatic rings. The molecule has 0 unspecified atom stereocenters. The molecule has 0 aliphatic carbocycles. The number of carbonyl (C=O) groups is 1. The lowest BCUT2D eigenvalue weighted by Crippen LogP contribution is -2.38. The Labute approximate surface area is 115 Å². The van der Waals surface area contributed by atoms with Crippen molar-refractivity contribution in [2.24, 2.45) is 19.2 Å². The molecule has 0 aliphatic heterocycles. The highest BCUT2D eigenvalue weighted by atomic mass is 16.6. The van der Waals surface area contributed by atoms with Gasteiger partial charge in [-0.15, -0.1) is 0 Å². The minimum atomic E-state index is -0.726. The van der Waals surface area contributed by atoms with Gasteiger partial charge in [-0.2, -0.15) is 5.10 Å². The summed E-state index contributed by atoms with van der Waals surface area (Å²) in [6.45, 7) is 5.16. The maximum absolute atomic E-state index is 11.8. The Kier molecular flexibility index (Phi) is 4.49. The van der Waals surface area contributed by atoms with Crippen molar-refractivity contribution in [3.63, 3.8) is 0 Å². The molecule has 0 aliphatic rings. The second-order valence-corrected chi connectivity index (χ2v) is 5.21. The fourth-order valence-electron chi connectivity index (χ4n) is 1.38. The Morgan fingerprint density at radius 2 is 1.95 bits per heavy atom. The summed E-state index contributed by atoms with van der Waals surface area (Å²) in [6, 6.07) is 0. The maximum Gasteiger partial charge on any atom is 0.428 e. The van der Waals surface area contributed by atoms with Crippen LogP contribution in [0.2, 0.25) is 0 Å². The van der Waals surface area contributed by atoms with Gasteiger partial charge >= 0.3 is 11.8 Å². The summed E-state index contributed by atoms with van der Waals surface area (Å²) in [5.41, 5.74) is 0.745. The SMILES string of the molecule is Cn1cc(/C=N/NC(=O)OC(C)(C)C)c(=O)n(C)c1=O. The standard InChI is InChI=1S/C12H18N4O4/c1-12(2,3)20-10(18)14-13-6-8-7-15(4)11(19)16(5)9(8)17/h6-7H,1-5H3,(H,14,18)/b13-6+. The zero-order chi connectivity index (χ0) is 15.5. The van der Waals surface area contributed by atoms with Gasteiger partial charge in [0.2, 0.25) is 0 Å². The van der Waals surface area contributed by atoms with Crippen LogP contribution in [0.5, 0.6) is 0 Å². The van der Waals surface area contributed by atoms with E-state index in [1.54, 1.807) is 20.8 Å². The molecule has 8 nitrogen and oxygen atoms in total. The molecule has 1 heterocycles. The van der Waals surface area contributed by atoms with Crippen molar-refractivity contribution in [1.29, 1.82) is 0 Å². The molecule has 0 bridgehead atoms.